The number of benzene rings is 1. The number of aryl methyl sites for hydroxylation is 1. The summed E-state index contributed by atoms with van der Waals surface area (Å²) in [4.78, 5) is 14.9. The highest BCUT2D eigenvalue weighted by Crippen LogP contribution is 2.28. The lowest BCUT2D eigenvalue weighted by molar-refractivity contribution is 0.198. The van der Waals surface area contributed by atoms with Crippen molar-refractivity contribution in [3.63, 3.8) is 0 Å². The van der Waals surface area contributed by atoms with Crippen LogP contribution in [0.1, 0.15) is 25.2 Å². The van der Waals surface area contributed by atoms with Gasteiger partial charge < -0.3 is 9.40 Å². The molecule has 1 atom stereocenters. The van der Waals surface area contributed by atoms with Gasteiger partial charge in [0.1, 0.15) is 11.6 Å². The number of rotatable bonds is 3. The lowest BCUT2D eigenvalue weighted by Crippen LogP contribution is -2.25. The molecule has 5 heteroatoms. The lowest BCUT2D eigenvalue weighted by Gasteiger charge is -2.22. The van der Waals surface area contributed by atoms with Gasteiger partial charge in [0.15, 0.2) is 5.65 Å². The number of imidazole rings is 1. The Morgan fingerprint density at radius 2 is 1.96 bits per heavy atom. The highest BCUT2D eigenvalue weighted by molar-refractivity contribution is 5.76. The third kappa shape index (κ3) is 2.52. The molecule has 3 aromatic rings. The first-order valence-corrected chi connectivity index (χ1v) is 8.14. The Kier molecular flexibility index (Phi) is 3.49. The van der Waals surface area contributed by atoms with E-state index < -0.39 is 0 Å². The zero-order valence-electron chi connectivity index (χ0n) is 14.1. The molecular weight excluding hydrogens is 300 g/mol. The summed E-state index contributed by atoms with van der Waals surface area (Å²) in [6.45, 7) is 6.87. The van der Waals surface area contributed by atoms with Crippen LogP contribution in [0.15, 0.2) is 54.4 Å². The number of nitrogens with zero attached hydrogens (tertiary/aromatic N) is 4. The van der Waals surface area contributed by atoms with Gasteiger partial charge in [-0.15, -0.1) is 0 Å². The van der Waals surface area contributed by atoms with Crippen LogP contribution in [0.2, 0.25) is 0 Å². The van der Waals surface area contributed by atoms with Crippen LogP contribution < -0.4 is 5.06 Å². The van der Waals surface area contributed by atoms with Gasteiger partial charge in [-0.3, -0.25) is 0 Å². The average Bonchev–Trinajstić information content (AvgIpc) is 3.07. The zero-order chi connectivity index (χ0) is 16.7. The minimum atomic E-state index is 0.191. The maximum absolute atomic E-state index is 5.80. The summed E-state index contributed by atoms with van der Waals surface area (Å²) in [6, 6.07) is 12.7. The number of pyridine rings is 1. The molecule has 4 rings (SSSR count). The number of aromatic nitrogens is 3. The monoisotopic (exact) mass is 320 g/mol. The summed E-state index contributed by atoms with van der Waals surface area (Å²) in [5.41, 5.74) is 3.98. The number of hydrogen-bond donors (Lipinski definition) is 0. The molecule has 1 aliphatic heterocycles. The van der Waals surface area contributed by atoms with Gasteiger partial charge in [-0.25, -0.2) is 15.0 Å². The van der Waals surface area contributed by atoms with E-state index in [2.05, 4.69) is 57.9 Å². The SMILES string of the molecule is CC1=CC(C)N(c2cnc3nc(C)n(Cc4ccccc4)c3c2)O1. The molecular formula is C19H20N4O. The molecule has 1 aromatic carbocycles. The number of allylic oxidation sites excluding steroid dienone is 1. The van der Waals surface area contributed by atoms with E-state index in [9.17, 15) is 0 Å². The highest BCUT2D eigenvalue weighted by Gasteiger charge is 2.23. The Bertz CT molecular complexity index is 914. The van der Waals surface area contributed by atoms with E-state index in [1.54, 1.807) is 0 Å². The summed E-state index contributed by atoms with van der Waals surface area (Å²) < 4.78 is 2.20. The van der Waals surface area contributed by atoms with Crippen molar-refractivity contribution < 1.29 is 4.84 Å². The Morgan fingerprint density at radius 3 is 2.67 bits per heavy atom. The van der Waals surface area contributed by atoms with E-state index >= 15 is 0 Å². The van der Waals surface area contributed by atoms with Gasteiger partial charge in [0, 0.05) is 6.54 Å². The second-order valence-corrected chi connectivity index (χ2v) is 6.20. The highest BCUT2D eigenvalue weighted by atomic mass is 16.7. The Balaban J connectivity index is 1.74. The summed E-state index contributed by atoms with van der Waals surface area (Å²) >= 11 is 0. The van der Waals surface area contributed by atoms with Gasteiger partial charge in [-0.2, -0.15) is 0 Å². The van der Waals surface area contributed by atoms with Crippen molar-refractivity contribution >= 4 is 16.9 Å². The first-order chi connectivity index (χ1) is 11.6. The topological polar surface area (TPSA) is 43.2 Å². The molecule has 0 radical (unpaired) electrons. The molecule has 0 saturated carbocycles. The quantitative estimate of drug-likeness (QED) is 0.735. The Labute approximate surface area is 141 Å². The van der Waals surface area contributed by atoms with Crippen LogP contribution in [0.5, 0.6) is 0 Å². The van der Waals surface area contributed by atoms with Crippen molar-refractivity contribution in [2.75, 3.05) is 5.06 Å². The van der Waals surface area contributed by atoms with Crippen LogP contribution in [0.4, 0.5) is 5.69 Å². The second kappa shape index (κ2) is 5.67. The van der Waals surface area contributed by atoms with Crippen LogP contribution in [0.3, 0.4) is 0 Å². The number of hydrogen-bond acceptors (Lipinski definition) is 4. The normalized spacial score (nSPS) is 17.2. The maximum Gasteiger partial charge on any atom is 0.178 e. The fraction of sp³-hybridized carbons (Fsp3) is 0.263. The maximum atomic E-state index is 5.80. The third-order valence-corrected chi connectivity index (χ3v) is 4.31. The van der Waals surface area contributed by atoms with Gasteiger partial charge in [0.2, 0.25) is 0 Å². The first kappa shape index (κ1) is 14.8. The number of fused-ring (bicyclic) bond motifs is 1. The van der Waals surface area contributed by atoms with Gasteiger partial charge in [-0.1, -0.05) is 30.3 Å². The minimum absolute atomic E-state index is 0.191. The molecule has 0 N–H and O–H groups in total. The van der Waals surface area contributed by atoms with Crippen molar-refractivity contribution in [1.29, 1.82) is 0 Å². The average molecular weight is 320 g/mol. The van der Waals surface area contributed by atoms with E-state index in [-0.39, 0.29) is 6.04 Å². The number of anilines is 1. The molecule has 0 aliphatic carbocycles. The minimum Gasteiger partial charge on any atom is -0.384 e. The van der Waals surface area contributed by atoms with Gasteiger partial charge in [0.25, 0.3) is 0 Å². The summed E-state index contributed by atoms with van der Waals surface area (Å²) in [6.07, 6.45) is 3.92. The molecule has 122 valence electrons. The fourth-order valence-corrected chi connectivity index (χ4v) is 3.16. The molecule has 0 fully saturated rings. The van der Waals surface area contributed by atoms with Crippen LogP contribution in [-0.2, 0) is 11.4 Å². The standard InChI is InChI=1S/C19H20N4O/c1-13-9-14(2)24-23(13)17-10-18-19(20-11-17)21-15(3)22(18)12-16-7-5-4-6-8-16/h4-11,13H,12H2,1-3H3. The van der Waals surface area contributed by atoms with Crippen molar-refractivity contribution in [2.45, 2.75) is 33.4 Å². The van der Waals surface area contributed by atoms with E-state index in [1.807, 2.05) is 31.2 Å². The predicted octanol–water partition coefficient (Wildman–Crippen LogP) is 3.83. The van der Waals surface area contributed by atoms with Gasteiger partial charge in [0.05, 0.1) is 23.4 Å². The summed E-state index contributed by atoms with van der Waals surface area (Å²) in [7, 11) is 0. The second-order valence-electron chi connectivity index (χ2n) is 6.20. The molecule has 5 nitrogen and oxygen atoms in total. The largest absolute Gasteiger partial charge is 0.384 e. The molecule has 1 unspecified atom stereocenters. The molecule has 3 heterocycles. The fourth-order valence-electron chi connectivity index (χ4n) is 3.16. The van der Waals surface area contributed by atoms with Crippen LogP contribution >= 0.6 is 0 Å². The van der Waals surface area contributed by atoms with Crippen molar-refractivity contribution in [3.8, 4) is 0 Å². The lowest BCUT2D eigenvalue weighted by atomic mass is 10.2. The molecule has 2 aromatic heterocycles. The molecule has 24 heavy (non-hydrogen) atoms. The molecule has 1 aliphatic rings. The van der Waals surface area contributed by atoms with Crippen molar-refractivity contribution in [1.82, 2.24) is 14.5 Å². The Hall–Kier alpha value is -2.82. The van der Waals surface area contributed by atoms with Crippen LogP contribution in [0.25, 0.3) is 11.2 Å². The summed E-state index contributed by atoms with van der Waals surface area (Å²) in [5, 5.41) is 1.89. The summed E-state index contributed by atoms with van der Waals surface area (Å²) in [5.74, 6) is 1.87. The van der Waals surface area contributed by atoms with Crippen molar-refractivity contribution in [3.05, 3.63) is 65.8 Å². The molecule has 0 amide bonds. The van der Waals surface area contributed by atoms with Crippen molar-refractivity contribution in [2.24, 2.45) is 0 Å². The smallest absolute Gasteiger partial charge is 0.178 e. The Morgan fingerprint density at radius 1 is 1.17 bits per heavy atom. The van der Waals surface area contributed by atoms with E-state index in [0.29, 0.717) is 0 Å². The third-order valence-electron chi connectivity index (χ3n) is 4.31. The van der Waals surface area contributed by atoms with Crippen LogP contribution in [0, 0.1) is 6.92 Å². The zero-order valence-corrected chi connectivity index (χ0v) is 14.1. The molecule has 0 bridgehead atoms. The molecule has 0 spiro atoms. The van der Waals surface area contributed by atoms with E-state index in [0.717, 1.165) is 35.0 Å². The number of hydroxylamine groups is 1. The van der Waals surface area contributed by atoms with Crippen LogP contribution in [-0.4, -0.2) is 20.6 Å². The van der Waals surface area contributed by atoms with Gasteiger partial charge in [-0.05, 0) is 38.5 Å². The van der Waals surface area contributed by atoms with Gasteiger partial charge >= 0.3 is 0 Å². The first-order valence-electron chi connectivity index (χ1n) is 8.14. The predicted molar refractivity (Wildman–Crippen MR) is 94.6 cm³/mol. The van der Waals surface area contributed by atoms with E-state index in [1.165, 1.54) is 5.56 Å². The molecule has 0 saturated heterocycles. The van der Waals surface area contributed by atoms with E-state index in [4.69, 9.17) is 4.84 Å².